The van der Waals surface area contributed by atoms with Crippen molar-refractivity contribution in [2.24, 2.45) is 5.73 Å². The molecule has 0 atom stereocenters. The third-order valence-electron chi connectivity index (χ3n) is 1.19. The Bertz CT molecular complexity index is 279. The summed E-state index contributed by atoms with van der Waals surface area (Å²) in [6, 6.07) is 0.357. The van der Waals surface area contributed by atoms with E-state index in [0.29, 0.717) is 11.7 Å². The molecule has 0 saturated carbocycles. The van der Waals surface area contributed by atoms with Crippen molar-refractivity contribution in [1.29, 1.82) is 5.41 Å². The Morgan fingerprint density at radius 1 is 1.75 bits per heavy atom. The number of aromatic nitrogens is 1. The molecule has 0 aliphatic heterocycles. The smallest absolute Gasteiger partial charge is 0.183 e. The van der Waals surface area contributed by atoms with Crippen LogP contribution >= 0.6 is 11.3 Å². The highest BCUT2D eigenvalue weighted by Crippen LogP contribution is 2.15. The van der Waals surface area contributed by atoms with Crippen LogP contribution in [-0.2, 0) is 0 Å². The van der Waals surface area contributed by atoms with Crippen LogP contribution in [0.2, 0.25) is 0 Å². The van der Waals surface area contributed by atoms with Gasteiger partial charge in [-0.25, -0.2) is 4.98 Å². The molecule has 5 heteroatoms. The topological polar surface area (TPSA) is 74.8 Å². The molecule has 1 aromatic heterocycles. The molecule has 1 rings (SSSR count). The Balaban J connectivity index is 2.71. The quantitative estimate of drug-likeness (QED) is 0.489. The minimum Gasteiger partial charge on any atom is -0.382 e. The lowest BCUT2D eigenvalue weighted by Gasteiger charge is -2.04. The maximum absolute atomic E-state index is 7.13. The highest BCUT2D eigenvalue weighted by molar-refractivity contribution is 7.13. The van der Waals surface area contributed by atoms with Gasteiger partial charge in [0.25, 0.3) is 0 Å². The van der Waals surface area contributed by atoms with E-state index in [1.54, 1.807) is 5.38 Å². The number of nitrogen functional groups attached to an aromatic ring is 1. The summed E-state index contributed by atoms with van der Waals surface area (Å²) < 4.78 is 0. The molecule has 12 heavy (non-hydrogen) atoms. The van der Waals surface area contributed by atoms with Gasteiger partial charge >= 0.3 is 0 Å². The van der Waals surface area contributed by atoms with E-state index in [-0.39, 0.29) is 5.84 Å². The Morgan fingerprint density at radius 3 is 2.83 bits per heavy atom. The van der Waals surface area contributed by atoms with Gasteiger partial charge in [0.1, 0.15) is 11.5 Å². The lowest BCUT2D eigenvalue weighted by atomic mass is 10.4. The number of nitrogens with zero attached hydrogens (tertiary/aromatic N) is 1. The van der Waals surface area contributed by atoms with Crippen molar-refractivity contribution in [3.05, 3.63) is 11.1 Å². The Hall–Kier alpha value is -1.10. The molecular formula is C7H12N4S. The van der Waals surface area contributed by atoms with Gasteiger partial charge in [-0.15, -0.1) is 11.3 Å². The minimum absolute atomic E-state index is 0.0167. The van der Waals surface area contributed by atoms with Gasteiger partial charge in [-0.3, -0.25) is 5.41 Å². The first-order valence-corrected chi connectivity index (χ1v) is 4.54. The summed E-state index contributed by atoms with van der Waals surface area (Å²) in [7, 11) is 0. The predicted molar refractivity (Wildman–Crippen MR) is 51.9 cm³/mol. The second-order valence-corrected chi connectivity index (χ2v) is 3.61. The van der Waals surface area contributed by atoms with Crippen LogP contribution in [0.15, 0.2) is 5.38 Å². The summed E-state index contributed by atoms with van der Waals surface area (Å²) in [5.41, 5.74) is 5.80. The lowest BCUT2D eigenvalue weighted by Crippen LogP contribution is -2.13. The first-order chi connectivity index (χ1) is 5.59. The van der Waals surface area contributed by atoms with E-state index in [2.05, 4.69) is 10.3 Å². The van der Waals surface area contributed by atoms with E-state index in [1.807, 2.05) is 13.8 Å². The van der Waals surface area contributed by atoms with E-state index < -0.39 is 0 Å². The molecule has 0 fully saturated rings. The van der Waals surface area contributed by atoms with Gasteiger partial charge in [0.2, 0.25) is 0 Å². The van der Waals surface area contributed by atoms with Crippen LogP contribution in [0.3, 0.4) is 0 Å². The van der Waals surface area contributed by atoms with E-state index in [4.69, 9.17) is 11.1 Å². The lowest BCUT2D eigenvalue weighted by molar-refractivity contribution is 0.896. The van der Waals surface area contributed by atoms with Gasteiger partial charge in [0.05, 0.1) is 0 Å². The molecule has 0 unspecified atom stereocenters. The second-order valence-electron chi connectivity index (χ2n) is 2.75. The van der Waals surface area contributed by atoms with Crippen molar-refractivity contribution in [1.82, 2.24) is 4.98 Å². The molecule has 0 aromatic carbocycles. The predicted octanol–water partition coefficient (Wildman–Crippen LogP) is 1.25. The molecule has 0 amide bonds. The fraction of sp³-hybridized carbons (Fsp3) is 0.429. The van der Waals surface area contributed by atoms with E-state index >= 15 is 0 Å². The van der Waals surface area contributed by atoms with Crippen LogP contribution in [-0.4, -0.2) is 16.9 Å². The van der Waals surface area contributed by atoms with Crippen molar-refractivity contribution >= 4 is 22.3 Å². The van der Waals surface area contributed by atoms with Gasteiger partial charge < -0.3 is 11.1 Å². The molecule has 4 N–H and O–H groups in total. The zero-order chi connectivity index (χ0) is 9.14. The molecule has 0 spiro atoms. The molecule has 0 aliphatic carbocycles. The number of nitrogens with one attached hydrogen (secondary N) is 2. The Kier molecular flexibility index (Phi) is 2.65. The average molecular weight is 184 g/mol. The summed E-state index contributed by atoms with van der Waals surface area (Å²) in [4.78, 5) is 4.11. The first-order valence-electron chi connectivity index (χ1n) is 3.66. The fourth-order valence-corrected chi connectivity index (χ4v) is 1.57. The van der Waals surface area contributed by atoms with Gasteiger partial charge in [-0.1, -0.05) is 0 Å². The van der Waals surface area contributed by atoms with Crippen LogP contribution < -0.4 is 11.1 Å². The number of thiazole rings is 1. The monoisotopic (exact) mass is 184 g/mol. The van der Waals surface area contributed by atoms with E-state index in [1.165, 1.54) is 11.3 Å². The maximum Gasteiger partial charge on any atom is 0.183 e. The Labute approximate surface area is 75.3 Å². The van der Waals surface area contributed by atoms with E-state index in [9.17, 15) is 0 Å². The minimum atomic E-state index is 0.0167. The third-order valence-corrected chi connectivity index (χ3v) is 1.97. The van der Waals surface area contributed by atoms with Crippen molar-refractivity contribution in [2.75, 3.05) is 5.32 Å². The molecule has 1 aromatic rings. The molecule has 66 valence electrons. The number of rotatable bonds is 3. The largest absolute Gasteiger partial charge is 0.382 e. The Morgan fingerprint density at radius 2 is 2.42 bits per heavy atom. The van der Waals surface area contributed by atoms with Crippen LogP contribution in [0.5, 0.6) is 0 Å². The fourth-order valence-electron chi connectivity index (χ4n) is 0.711. The molecule has 0 bridgehead atoms. The number of nitrogens with two attached hydrogens (primary N) is 1. The van der Waals surface area contributed by atoms with Crippen molar-refractivity contribution < 1.29 is 0 Å². The molecule has 0 radical (unpaired) electrons. The SMILES string of the molecule is CC(C)Nc1nc(C(=N)N)cs1. The zero-order valence-electron chi connectivity index (χ0n) is 7.09. The summed E-state index contributed by atoms with van der Waals surface area (Å²) in [5.74, 6) is 0.0167. The van der Waals surface area contributed by atoms with Gasteiger partial charge in [-0.2, -0.15) is 0 Å². The zero-order valence-corrected chi connectivity index (χ0v) is 7.90. The van der Waals surface area contributed by atoms with Gasteiger partial charge in [-0.05, 0) is 13.8 Å². The number of amidine groups is 1. The van der Waals surface area contributed by atoms with Crippen LogP contribution in [0.4, 0.5) is 5.13 Å². The van der Waals surface area contributed by atoms with E-state index in [0.717, 1.165) is 5.13 Å². The van der Waals surface area contributed by atoms with Crippen molar-refractivity contribution in [2.45, 2.75) is 19.9 Å². The highest BCUT2D eigenvalue weighted by Gasteiger charge is 2.03. The highest BCUT2D eigenvalue weighted by atomic mass is 32.1. The molecular weight excluding hydrogens is 172 g/mol. The third kappa shape index (κ3) is 2.20. The molecule has 1 heterocycles. The summed E-state index contributed by atoms with van der Waals surface area (Å²) in [6.07, 6.45) is 0. The van der Waals surface area contributed by atoms with Crippen LogP contribution in [0.25, 0.3) is 0 Å². The standard InChI is InChI=1S/C7H12N4S/c1-4(2)10-7-11-5(3-12-7)6(8)9/h3-4H,1-2H3,(H3,8,9)(H,10,11). The van der Waals surface area contributed by atoms with Gasteiger partial charge in [0, 0.05) is 11.4 Å². The van der Waals surface area contributed by atoms with Crippen LogP contribution in [0, 0.1) is 5.41 Å². The molecule has 4 nitrogen and oxygen atoms in total. The number of hydrogen-bond acceptors (Lipinski definition) is 4. The van der Waals surface area contributed by atoms with Crippen LogP contribution in [0.1, 0.15) is 19.5 Å². The molecule has 0 saturated heterocycles. The summed E-state index contributed by atoms with van der Waals surface area (Å²) >= 11 is 1.46. The summed E-state index contributed by atoms with van der Waals surface area (Å²) in [6.45, 7) is 4.07. The average Bonchev–Trinajstić information content (AvgIpc) is 2.34. The second kappa shape index (κ2) is 3.53. The number of hydrogen-bond donors (Lipinski definition) is 3. The van der Waals surface area contributed by atoms with Gasteiger partial charge in [0.15, 0.2) is 5.13 Å². The first kappa shape index (κ1) is 8.99. The van der Waals surface area contributed by atoms with Crippen molar-refractivity contribution in [3.8, 4) is 0 Å². The maximum atomic E-state index is 7.13. The normalized spacial score (nSPS) is 10.2. The number of anilines is 1. The van der Waals surface area contributed by atoms with Crippen molar-refractivity contribution in [3.63, 3.8) is 0 Å². The summed E-state index contributed by atoms with van der Waals surface area (Å²) in [5, 5.41) is 12.8. The molecule has 0 aliphatic rings.